The molecule has 1 unspecified atom stereocenters. The van der Waals surface area contributed by atoms with Crippen LogP contribution in [0.5, 0.6) is 5.75 Å². The highest BCUT2D eigenvalue weighted by molar-refractivity contribution is 5.94. The Morgan fingerprint density at radius 1 is 0.745 bits per heavy atom. The van der Waals surface area contributed by atoms with E-state index in [1.165, 1.54) is 53.5 Å². The van der Waals surface area contributed by atoms with E-state index < -0.39 is 17.9 Å². The maximum atomic E-state index is 12.7. The van der Waals surface area contributed by atoms with Gasteiger partial charge < -0.3 is 19.5 Å². The van der Waals surface area contributed by atoms with Crippen LogP contribution in [-0.4, -0.2) is 33.3 Å². The molecule has 0 aliphatic heterocycles. The molecular formula is C45H51NO5. The van der Waals surface area contributed by atoms with Crippen LogP contribution in [0.1, 0.15) is 114 Å². The Kier molecular flexibility index (Phi) is 12.3. The first-order chi connectivity index (χ1) is 24.9. The Morgan fingerprint density at radius 3 is 2.12 bits per heavy atom. The van der Waals surface area contributed by atoms with Crippen LogP contribution in [0, 0.1) is 0 Å². The van der Waals surface area contributed by atoms with Crippen molar-refractivity contribution in [2.24, 2.45) is 0 Å². The summed E-state index contributed by atoms with van der Waals surface area (Å²) in [5, 5.41) is 20.7. The molecule has 1 heterocycles. The summed E-state index contributed by atoms with van der Waals surface area (Å²) < 4.78 is 8.85. The van der Waals surface area contributed by atoms with Gasteiger partial charge >= 0.3 is 11.9 Å². The van der Waals surface area contributed by atoms with Gasteiger partial charge in [-0.3, -0.25) is 4.79 Å². The van der Waals surface area contributed by atoms with Crippen LogP contribution in [0.15, 0.2) is 91.0 Å². The van der Waals surface area contributed by atoms with Gasteiger partial charge in [-0.25, -0.2) is 4.79 Å². The van der Waals surface area contributed by atoms with Crippen molar-refractivity contribution in [3.63, 3.8) is 0 Å². The minimum absolute atomic E-state index is 0.288. The second-order valence-electron chi connectivity index (χ2n) is 14.1. The molecule has 1 aliphatic rings. The highest BCUT2D eigenvalue weighted by atomic mass is 16.5. The van der Waals surface area contributed by atoms with E-state index in [-0.39, 0.29) is 5.56 Å². The summed E-state index contributed by atoms with van der Waals surface area (Å²) in [7, 11) is 0. The Labute approximate surface area is 302 Å². The van der Waals surface area contributed by atoms with Gasteiger partial charge in [0.05, 0.1) is 23.6 Å². The average molecular weight is 686 g/mol. The summed E-state index contributed by atoms with van der Waals surface area (Å²) in [6.07, 6.45) is 12.8. The number of benzene rings is 4. The van der Waals surface area contributed by atoms with E-state index in [9.17, 15) is 19.8 Å². The van der Waals surface area contributed by atoms with Crippen LogP contribution < -0.4 is 4.74 Å². The first-order valence-electron chi connectivity index (χ1n) is 18.9. The van der Waals surface area contributed by atoms with Gasteiger partial charge in [0, 0.05) is 17.6 Å². The molecule has 6 heteroatoms. The van der Waals surface area contributed by atoms with E-state index in [0.29, 0.717) is 19.6 Å². The number of aromatic carboxylic acids is 1. The van der Waals surface area contributed by atoms with Crippen molar-refractivity contribution in [3.05, 3.63) is 136 Å². The van der Waals surface area contributed by atoms with Gasteiger partial charge in [0.15, 0.2) is 0 Å². The molecule has 1 aromatic heterocycles. The molecule has 266 valence electrons. The number of fused-ring (bicyclic) bond motifs is 3. The van der Waals surface area contributed by atoms with Crippen molar-refractivity contribution in [1.29, 1.82) is 0 Å². The van der Waals surface area contributed by atoms with Gasteiger partial charge in [-0.05, 0) is 115 Å². The Balaban J connectivity index is 1.28. The molecule has 6 nitrogen and oxygen atoms in total. The fourth-order valence-corrected chi connectivity index (χ4v) is 7.72. The lowest BCUT2D eigenvalue weighted by molar-refractivity contribution is -0.139. The number of aliphatic carboxylic acids is 1. The lowest BCUT2D eigenvalue weighted by atomic mass is 9.85. The summed E-state index contributed by atoms with van der Waals surface area (Å²) in [6, 6.07) is 30.9. The zero-order chi connectivity index (χ0) is 35.6. The molecule has 0 amide bonds. The molecule has 4 aromatic carbocycles. The normalized spacial score (nSPS) is 14.0. The van der Waals surface area contributed by atoms with Crippen LogP contribution in [0.2, 0.25) is 0 Å². The fraction of sp³-hybridized carbons (Fsp3) is 0.378. The van der Waals surface area contributed by atoms with Gasteiger partial charge in [0.1, 0.15) is 5.75 Å². The van der Waals surface area contributed by atoms with E-state index in [2.05, 4.69) is 78.2 Å². The topological polar surface area (TPSA) is 88.8 Å². The number of carboxylic acid groups (broad SMARTS) is 2. The lowest BCUT2D eigenvalue weighted by Gasteiger charge is -2.21. The summed E-state index contributed by atoms with van der Waals surface area (Å²) in [5.74, 6) is -1.40. The summed E-state index contributed by atoms with van der Waals surface area (Å²) in [6.45, 7) is 3.46. The molecule has 1 aliphatic carbocycles. The van der Waals surface area contributed by atoms with Crippen LogP contribution in [-0.2, 0) is 43.4 Å². The standard InChI is InChI=1S/C45H51NO5/c1-2-3-4-5-9-15-37-29-38(51-28-11-14-33-24-26-36(27-25-33)44(47)48)30-40-42-39(45(49)50)16-10-17-41(42)46(43(37)40)31-35-22-20-34(21-23-35)19-18-32-12-7-6-8-13-32/h6-8,12-13,20-27,29-30,39H,2-5,9-11,14-19,28,31H2,1H3,(H,47,48)(H,49,50). The van der Waals surface area contributed by atoms with Crippen LogP contribution in [0.4, 0.5) is 0 Å². The monoisotopic (exact) mass is 685 g/mol. The number of unbranched alkanes of at least 4 members (excludes halogenated alkanes) is 4. The first kappa shape index (κ1) is 36.0. The molecule has 0 spiro atoms. The SMILES string of the molecule is CCCCCCCc1cc(OCCCc2ccc(C(=O)O)cc2)cc2c3c(n(Cc4ccc(CCc5ccccc5)cc4)c12)CCCC3C(=O)O. The molecule has 2 N–H and O–H groups in total. The largest absolute Gasteiger partial charge is 0.494 e. The number of carboxylic acids is 2. The zero-order valence-corrected chi connectivity index (χ0v) is 29.9. The molecule has 0 bridgehead atoms. The van der Waals surface area contributed by atoms with Gasteiger partial charge in [0.2, 0.25) is 0 Å². The third-order valence-electron chi connectivity index (χ3n) is 10.5. The number of aryl methyl sites for hydroxylation is 4. The van der Waals surface area contributed by atoms with Gasteiger partial charge in [-0.2, -0.15) is 0 Å². The fourth-order valence-electron chi connectivity index (χ4n) is 7.72. The van der Waals surface area contributed by atoms with Crippen LogP contribution in [0.25, 0.3) is 10.9 Å². The van der Waals surface area contributed by atoms with Crippen molar-refractivity contribution < 1.29 is 24.5 Å². The Morgan fingerprint density at radius 2 is 1.41 bits per heavy atom. The van der Waals surface area contributed by atoms with Crippen LogP contribution >= 0.6 is 0 Å². The van der Waals surface area contributed by atoms with E-state index >= 15 is 0 Å². The van der Waals surface area contributed by atoms with Crippen molar-refractivity contribution in [3.8, 4) is 5.75 Å². The van der Waals surface area contributed by atoms with Gasteiger partial charge in [-0.1, -0.05) is 99.3 Å². The highest BCUT2D eigenvalue weighted by Crippen LogP contribution is 2.43. The second kappa shape index (κ2) is 17.4. The van der Waals surface area contributed by atoms with Crippen molar-refractivity contribution >= 4 is 22.8 Å². The number of nitrogens with zero attached hydrogens (tertiary/aromatic N) is 1. The number of hydrogen-bond acceptors (Lipinski definition) is 3. The first-order valence-corrected chi connectivity index (χ1v) is 18.9. The van der Waals surface area contributed by atoms with E-state index in [4.69, 9.17) is 4.74 Å². The van der Waals surface area contributed by atoms with Crippen LogP contribution in [0.3, 0.4) is 0 Å². The van der Waals surface area contributed by atoms with Crippen molar-refractivity contribution in [1.82, 2.24) is 4.57 Å². The number of carbonyl (C=O) groups is 2. The highest BCUT2D eigenvalue weighted by Gasteiger charge is 2.33. The number of aromatic nitrogens is 1. The molecule has 0 saturated carbocycles. The quantitative estimate of drug-likeness (QED) is 0.0897. The third kappa shape index (κ3) is 9.10. The van der Waals surface area contributed by atoms with Crippen molar-refractivity contribution in [2.45, 2.75) is 103 Å². The number of rotatable bonds is 18. The molecule has 5 aromatic rings. The molecule has 6 rings (SSSR count). The molecule has 1 atom stereocenters. The van der Waals surface area contributed by atoms with Gasteiger partial charge in [-0.15, -0.1) is 0 Å². The average Bonchev–Trinajstić information content (AvgIpc) is 3.46. The second-order valence-corrected chi connectivity index (χ2v) is 14.1. The summed E-state index contributed by atoms with van der Waals surface area (Å²) in [5.41, 5.74) is 9.79. The van der Waals surface area contributed by atoms with Crippen molar-refractivity contribution in [2.75, 3.05) is 6.61 Å². The Hall–Kier alpha value is -4.84. The number of ether oxygens (including phenoxy) is 1. The minimum atomic E-state index is -0.921. The minimum Gasteiger partial charge on any atom is -0.494 e. The molecule has 51 heavy (non-hydrogen) atoms. The maximum absolute atomic E-state index is 12.7. The number of hydrogen-bond donors (Lipinski definition) is 2. The van der Waals surface area contributed by atoms with E-state index in [0.717, 1.165) is 79.3 Å². The predicted octanol–water partition coefficient (Wildman–Crippen LogP) is 10.2. The smallest absolute Gasteiger partial charge is 0.335 e. The zero-order valence-electron chi connectivity index (χ0n) is 29.9. The maximum Gasteiger partial charge on any atom is 0.335 e. The van der Waals surface area contributed by atoms with E-state index in [1.54, 1.807) is 12.1 Å². The third-order valence-corrected chi connectivity index (χ3v) is 10.5. The molecule has 0 saturated heterocycles. The van der Waals surface area contributed by atoms with Gasteiger partial charge in [0.25, 0.3) is 0 Å². The van der Waals surface area contributed by atoms with E-state index in [1.807, 2.05) is 12.1 Å². The molecular weight excluding hydrogens is 634 g/mol. The lowest BCUT2D eigenvalue weighted by Crippen LogP contribution is -2.19. The molecule has 0 fully saturated rings. The summed E-state index contributed by atoms with van der Waals surface area (Å²) in [4.78, 5) is 23.9. The Bertz CT molecular complexity index is 1910. The summed E-state index contributed by atoms with van der Waals surface area (Å²) >= 11 is 0. The predicted molar refractivity (Wildman–Crippen MR) is 204 cm³/mol. The molecule has 0 radical (unpaired) electrons.